The summed E-state index contributed by atoms with van der Waals surface area (Å²) in [6.45, 7) is 6.50. The smallest absolute Gasteiger partial charge is 0.240 e. The zero-order chi connectivity index (χ0) is 15.7. The highest BCUT2D eigenvalue weighted by Gasteiger charge is 2.31. The molecule has 1 heterocycles. The van der Waals surface area contributed by atoms with Gasteiger partial charge in [0.2, 0.25) is 10.0 Å². The average molecular weight is 312 g/mol. The predicted octanol–water partition coefficient (Wildman–Crippen LogP) is 2.07. The Morgan fingerprint density at radius 1 is 1.43 bits per heavy atom. The lowest BCUT2D eigenvalue weighted by atomic mass is 9.95. The first-order valence-electron chi connectivity index (χ1n) is 7.28. The lowest BCUT2D eigenvalue weighted by molar-refractivity contribution is -0.0599. The molecule has 0 aliphatic carbocycles. The second-order valence-corrected chi connectivity index (χ2v) is 7.85. The van der Waals surface area contributed by atoms with E-state index < -0.39 is 10.0 Å². The van der Waals surface area contributed by atoms with Crippen LogP contribution in [-0.2, 0) is 21.2 Å². The van der Waals surface area contributed by atoms with Crippen molar-refractivity contribution in [3.63, 3.8) is 0 Å². The van der Waals surface area contributed by atoms with E-state index in [1.54, 1.807) is 12.1 Å². The molecule has 3 N–H and O–H groups in total. The van der Waals surface area contributed by atoms with Crippen LogP contribution >= 0.6 is 0 Å². The summed E-state index contributed by atoms with van der Waals surface area (Å²) < 4.78 is 33.3. The molecule has 0 amide bonds. The fourth-order valence-corrected chi connectivity index (χ4v) is 3.99. The van der Waals surface area contributed by atoms with Gasteiger partial charge in [0, 0.05) is 18.3 Å². The second-order valence-electron chi connectivity index (χ2n) is 6.13. The third-order valence-electron chi connectivity index (χ3n) is 3.83. The maximum Gasteiger partial charge on any atom is 0.240 e. The average Bonchev–Trinajstić information content (AvgIpc) is 2.36. The SMILES string of the molecule is CCc1ccc(S(=O)(=O)NC2CCOC(C)(C)C2)cc1N. The van der Waals surface area contributed by atoms with E-state index in [9.17, 15) is 8.42 Å². The summed E-state index contributed by atoms with van der Waals surface area (Å²) in [5, 5.41) is 0. The monoisotopic (exact) mass is 312 g/mol. The largest absolute Gasteiger partial charge is 0.398 e. The van der Waals surface area contributed by atoms with Crippen molar-refractivity contribution in [2.75, 3.05) is 12.3 Å². The number of aryl methyl sites for hydroxylation is 1. The summed E-state index contributed by atoms with van der Waals surface area (Å²) in [4.78, 5) is 0.224. The molecular weight excluding hydrogens is 288 g/mol. The van der Waals surface area contributed by atoms with Crippen molar-refractivity contribution in [1.82, 2.24) is 4.72 Å². The van der Waals surface area contributed by atoms with Crippen LogP contribution in [0.15, 0.2) is 23.1 Å². The first kappa shape index (κ1) is 16.3. The van der Waals surface area contributed by atoms with Crippen LogP contribution in [0.4, 0.5) is 5.69 Å². The van der Waals surface area contributed by atoms with Crippen molar-refractivity contribution in [2.24, 2.45) is 0 Å². The quantitative estimate of drug-likeness (QED) is 0.834. The van der Waals surface area contributed by atoms with Gasteiger partial charge < -0.3 is 10.5 Å². The molecule has 21 heavy (non-hydrogen) atoms. The second kappa shape index (κ2) is 5.94. The van der Waals surface area contributed by atoms with E-state index in [1.165, 1.54) is 6.07 Å². The number of rotatable bonds is 4. The van der Waals surface area contributed by atoms with E-state index in [0.717, 1.165) is 12.0 Å². The zero-order valence-corrected chi connectivity index (χ0v) is 13.7. The molecular formula is C15H24N2O3S. The Labute approximate surface area is 126 Å². The summed E-state index contributed by atoms with van der Waals surface area (Å²) >= 11 is 0. The lowest BCUT2D eigenvalue weighted by Crippen LogP contribution is -2.45. The van der Waals surface area contributed by atoms with Gasteiger partial charge in [0.25, 0.3) is 0 Å². The number of nitrogens with one attached hydrogen (secondary N) is 1. The van der Waals surface area contributed by atoms with E-state index in [0.29, 0.717) is 25.1 Å². The van der Waals surface area contributed by atoms with Gasteiger partial charge in [0.1, 0.15) is 0 Å². The molecule has 1 saturated heterocycles. The summed E-state index contributed by atoms with van der Waals surface area (Å²) in [5.74, 6) is 0. The molecule has 0 spiro atoms. The van der Waals surface area contributed by atoms with Crippen molar-refractivity contribution in [3.05, 3.63) is 23.8 Å². The van der Waals surface area contributed by atoms with E-state index in [2.05, 4.69) is 4.72 Å². The zero-order valence-electron chi connectivity index (χ0n) is 12.8. The van der Waals surface area contributed by atoms with Crippen molar-refractivity contribution in [1.29, 1.82) is 0 Å². The summed E-state index contributed by atoms with van der Waals surface area (Å²) in [7, 11) is -3.54. The molecule has 1 unspecified atom stereocenters. The summed E-state index contributed by atoms with van der Waals surface area (Å²) in [6, 6.07) is 4.82. The highest BCUT2D eigenvalue weighted by atomic mass is 32.2. The summed E-state index contributed by atoms with van der Waals surface area (Å²) in [6.07, 6.45) is 2.13. The Bertz CT molecular complexity index is 611. The van der Waals surface area contributed by atoms with Crippen molar-refractivity contribution in [2.45, 2.75) is 56.6 Å². The van der Waals surface area contributed by atoms with Crippen LogP contribution in [0.5, 0.6) is 0 Å². The van der Waals surface area contributed by atoms with Gasteiger partial charge in [0.15, 0.2) is 0 Å². The molecule has 0 aromatic heterocycles. The standard InChI is InChI=1S/C15H24N2O3S/c1-4-11-5-6-13(9-14(11)16)21(18,19)17-12-7-8-20-15(2,3)10-12/h5-6,9,12,17H,4,7-8,10,16H2,1-3H3. The molecule has 1 aliphatic heterocycles. The van der Waals surface area contributed by atoms with Gasteiger partial charge in [-0.1, -0.05) is 13.0 Å². The number of ether oxygens (including phenoxy) is 1. The van der Waals surface area contributed by atoms with Gasteiger partial charge >= 0.3 is 0 Å². The highest BCUT2D eigenvalue weighted by Crippen LogP contribution is 2.26. The van der Waals surface area contributed by atoms with Gasteiger partial charge in [-0.05, 0) is 50.8 Å². The topological polar surface area (TPSA) is 81.4 Å². The van der Waals surface area contributed by atoms with E-state index in [1.807, 2.05) is 20.8 Å². The lowest BCUT2D eigenvalue weighted by Gasteiger charge is -2.35. The Kier molecular flexibility index (Phi) is 4.60. The maximum atomic E-state index is 12.5. The van der Waals surface area contributed by atoms with Crippen molar-refractivity contribution >= 4 is 15.7 Å². The van der Waals surface area contributed by atoms with Crippen LogP contribution in [0.1, 0.15) is 39.2 Å². The van der Waals surface area contributed by atoms with Crippen LogP contribution in [0.25, 0.3) is 0 Å². The van der Waals surface area contributed by atoms with Crippen molar-refractivity contribution < 1.29 is 13.2 Å². The Morgan fingerprint density at radius 3 is 2.71 bits per heavy atom. The molecule has 6 heteroatoms. The van der Waals surface area contributed by atoms with Gasteiger partial charge in [-0.15, -0.1) is 0 Å². The maximum absolute atomic E-state index is 12.5. The normalized spacial score (nSPS) is 22.1. The van der Waals surface area contributed by atoms with Crippen LogP contribution < -0.4 is 10.5 Å². The van der Waals surface area contributed by atoms with E-state index in [-0.39, 0.29) is 16.5 Å². The molecule has 118 valence electrons. The number of hydrogen-bond donors (Lipinski definition) is 2. The number of nitrogen functional groups attached to an aromatic ring is 1. The highest BCUT2D eigenvalue weighted by molar-refractivity contribution is 7.89. The fraction of sp³-hybridized carbons (Fsp3) is 0.600. The molecule has 0 radical (unpaired) electrons. The molecule has 1 atom stereocenters. The van der Waals surface area contributed by atoms with E-state index >= 15 is 0 Å². The number of nitrogens with two attached hydrogens (primary N) is 1. The molecule has 0 saturated carbocycles. The number of anilines is 1. The third-order valence-corrected chi connectivity index (χ3v) is 5.35. The number of hydrogen-bond acceptors (Lipinski definition) is 4. The van der Waals surface area contributed by atoms with Gasteiger partial charge in [-0.25, -0.2) is 13.1 Å². The first-order valence-corrected chi connectivity index (χ1v) is 8.76. The molecule has 1 fully saturated rings. The minimum absolute atomic E-state index is 0.106. The van der Waals surface area contributed by atoms with Crippen LogP contribution in [0.2, 0.25) is 0 Å². The van der Waals surface area contributed by atoms with Crippen LogP contribution in [0.3, 0.4) is 0 Å². The van der Waals surface area contributed by atoms with Gasteiger partial charge in [-0.2, -0.15) is 0 Å². The van der Waals surface area contributed by atoms with E-state index in [4.69, 9.17) is 10.5 Å². The van der Waals surface area contributed by atoms with Gasteiger partial charge in [-0.3, -0.25) is 0 Å². The van der Waals surface area contributed by atoms with Crippen LogP contribution in [0, 0.1) is 0 Å². The minimum atomic E-state index is -3.54. The third kappa shape index (κ3) is 3.96. The molecule has 0 bridgehead atoms. The predicted molar refractivity (Wildman–Crippen MR) is 83.6 cm³/mol. The molecule has 1 aromatic carbocycles. The van der Waals surface area contributed by atoms with Crippen molar-refractivity contribution in [3.8, 4) is 0 Å². The summed E-state index contributed by atoms with van der Waals surface area (Å²) in [5.41, 5.74) is 7.08. The Morgan fingerprint density at radius 2 is 2.14 bits per heavy atom. The number of benzene rings is 1. The minimum Gasteiger partial charge on any atom is -0.398 e. The Balaban J connectivity index is 2.17. The Hall–Kier alpha value is -1.11. The first-order chi connectivity index (χ1) is 9.73. The number of sulfonamides is 1. The fourth-order valence-electron chi connectivity index (χ4n) is 2.68. The van der Waals surface area contributed by atoms with Crippen LogP contribution in [-0.4, -0.2) is 26.7 Å². The van der Waals surface area contributed by atoms with Gasteiger partial charge in [0.05, 0.1) is 10.5 Å². The molecule has 2 rings (SSSR count). The molecule has 1 aromatic rings. The molecule has 1 aliphatic rings. The molecule has 5 nitrogen and oxygen atoms in total.